The van der Waals surface area contributed by atoms with Crippen LogP contribution in [0.15, 0.2) is 54.9 Å². The summed E-state index contributed by atoms with van der Waals surface area (Å²) in [6.07, 6.45) is 1.30. The predicted octanol–water partition coefficient (Wildman–Crippen LogP) is 5.96. The fourth-order valence-electron chi connectivity index (χ4n) is 7.39. The summed E-state index contributed by atoms with van der Waals surface area (Å²) in [4.78, 5) is 24.7. The Morgan fingerprint density at radius 1 is 1.10 bits per heavy atom. The van der Waals surface area contributed by atoms with E-state index in [1.165, 1.54) is 12.1 Å². The number of fused-ring (bicyclic) bond motifs is 2. The van der Waals surface area contributed by atoms with E-state index in [9.17, 15) is 18.0 Å². The van der Waals surface area contributed by atoms with Crippen LogP contribution in [0.4, 0.5) is 13.2 Å². The molecule has 1 aliphatic carbocycles. The van der Waals surface area contributed by atoms with Crippen LogP contribution in [0.3, 0.4) is 0 Å². The van der Waals surface area contributed by atoms with Crippen molar-refractivity contribution in [1.82, 2.24) is 19.7 Å². The van der Waals surface area contributed by atoms with E-state index in [4.69, 9.17) is 4.74 Å². The van der Waals surface area contributed by atoms with Gasteiger partial charge in [-0.3, -0.25) is 19.6 Å². The number of ether oxygens (including phenoxy) is 1. The molecule has 224 valence electrons. The number of carbonyl (C=O) groups excluding carboxylic acids is 1. The maximum absolute atomic E-state index is 13.5. The van der Waals surface area contributed by atoms with E-state index in [2.05, 4.69) is 28.6 Å². The third-order valence-electron chi connectivity index (χ3n) is 9.78. The lowest BCUT2D eigenvalue weighted by Crippen LogP contribution is -2.62. The van der Waals surface area contributed by atoms with Crippen LogP contribution in [-0.4, -0.2) is 82.6 Å². The molecule has 9 heteroatoms. The highest BCUT2D eigenvalue weighted by Crippen LogP contribution is 2.43. The SMILES string of the molecule is CCO[C@@H]1Cc2cc(C(F)(F)F)ccc2[C@H]1N1CCN(C2(C)CCN(C(=O)c3cccc4cnccc34)CC2)C[C@@H]1C. The summed E-state index contributed by atoms with van der Waals surface area (Å²) in [7, 11) is 0. The number of benzene rings is 2. The molecule has 3 aromatic rings. The van der Waals surface area contributed by atoms with Crippen molar-refractivity contribution in [2.24, 2.45) is 0 Å². The fraction of sp³-hybridized carbons (Fsp3) is 0.515. The largest absolute Gasteiger partial charge is 0.416 e. The zero-order chi connectivity index (χ0) is 29.6. The topological polar surface area (TPSA) is 48.9 Å². The number of nitrogens with zero attached hydrogens (tertiary/aromatic N) is 4. The van der Waals surface area contributed by atoms with E-state index in [-0.39, 0.29) is 29.6 Å². The molecule has 2 aromatic carbocycles. The minimum absolute atomic E-state index is 0.0195. The highest BCUT2D eigenvalue weighted by molar-refractivity contribution is 6.06. The van der Waals surface area contributed by atoms with Crippen molar-refractivity contribution in [2.45, 2.75) is 69.9 Å². The lowest BCUT2D eigenvalue weighted by atomic mass is 9.86. The Morgan fingerprint density at radius 3 is 2.60 bits per heavy atom. The number of halogens is 3. The smallest absolute Gasteiger partial charge is 0.376 e. The first kappa shape index (κ1) is 29.1. The molecule has 2 fully saturated rings. The van der Waals surface area contributed by atoms with Crippen molar-refractivity contribution in [3.63, 3.8) is 0 Å². The van der Waals surface area contributed by atoms with Gasteiger partial charge in [0.15, 0.2) is 0 Å². The van der Waals surface area contributed by atoms with Gasteiger partial charge in [0.1, 0.15) is 0 Å². The van der Waals surface area contributed by atoms with Crippen LogP contribution in [0.1, 0.15) is 66.7 Å². The summed E-state index contributed by atoms with van der Waals surface area (Å²) in [5.74, 6) is 0.0718. The van der Waals surface area contributed by atoms with Crippen molar-refractivity contribution >= 4 is 16.7 Å². The van der Waals surface area contributed by atoms with E-state index in [1.807, 2.05) is 36.1 Å². The molecular formula is C33H39F3N4O2. The van der Waals surface area contributed by atoms with Gasteiger partial charge in [0.2, 0.25) is 0 Å². The standard InChI is InChI=1S/C33H39F3N4O2/c1-4-42-29-19-24-18-25(33(34,35)36)8-9-27(24)30(29)40-17-16-39(21-22(40)2)32(3)11-14-38(15-12-32)31(41)28-7-5-6-23-20-37-13-10-26(23)28/h5-10,13,18,20,22,29-30H,4,11-12,14-17,19,21H2,1-3H3/t22-,29+,30+/m0/s1. The molecule has 0 unspecified atom stereocenters. The van der Waals surface area contributed by atoms with E-state index in [0.29, 0.717) is 26.1 Å². The molecule has 3 atom stereocenters. The van der Waals surface area contributed by atoms with Crippen LogP contribution in [0.2, 0.25) is 0 Å². The van der Waals surface area contributed by atoms with E-state index < -0.39 is 11.7 Å². The summed E-state index contributed by atoms with van der Waals surface area (Å²) in [5, 5.41) is 1.90. The molecule has 0 N–H and O–H groups in total. The molecule has 2 saturated heterocycles. The van der Waals surface area contributed by atoms with Crippen LogP contribution in [0.25, 0.3) is 10.8 Å². The van der Waals surface area contributed by atoms with E-state index >= 15 is 0 Å². The number of piperazine rings is 1. The van der Waals surface area contributed by atoms with Crippen LogP contribution in [0, 0.1) is 0 Å². The molecule has 0 spiro atoms. The number of carbonyl (C=O) groups is 1. The summed E-state index contributed by atoms with van der Waals surface area (Å²) in [5.41, 5.74) is 1.82. The second kappa shape index (κ2) is 11.2. The summed E-state index contributed by atoms with van der Waals surface area (Å²) in [6, 6.07) is 12.1. The van der Waals surface area contributed by atoms with Gasteiger partial charge in [-0.05, 0) is 74.4 Å². The molecule has 1 amide bonds. The molecule has 0 saturated carbocycles. The number of likely N-dealkylation sites (tertiary alicyclic amines) is 1. The lowest BCUT2D eigenvalue weighted by Gasteiger charge is -2.53. The Labute approximate surface area is 245 Å². The monoisotopic (exact) mass is 580 g/mol. The van der Waals surface area contributed by atoms with Crippen LogP contribution >= 0.6 is 0 Å². The molecule has 6 nitrogen and oxygen atoms in total. The molecule has 2 aliphatic heterocycles. The quantitative estimate of drug-likeness (QED) is 0.373. The first-order chi connectivity index (χ1) is 20.1. The van der Waals surface area contributed by atoms with Crippen LogP contribution in [0.5, 0.6) is 0 Å². The second-order valence-corrected chi connectivity index (χ2v) is 12.3. The van der Waals surface area contributed by atoms with Gasteiger partial charge >= 0.3 is 6.18 Å². The molecule has 3 aliphatic rings. The number of piperidine rings is 1. The van der Waals surface area contributed by atoms with Crippen molar-refractivity contribution in [1.29, 1.82) is 0 Å². The number of amides is 1. The number of pyridine rings is 1. The highest BCUT2D eigenvalue weighted by atomic mass is 19.4. The summed E-state index contributed by atoms with van der Waals surface area (Å²) >= 11 is 0. The predicted molar refractivity (Wildman–Crippen MR) is 156 cm³/mol. The summed E-state index contributed by atoms with van der Waals surface area (Å²) in [6.45, 7) is 11.0. The zero-order valence-electron chi connectivity index (χ0n) is 24.5. The molecular weight excluding hydrogens is 541 g/mol. The second-order valence-electron chi connectivity index (χ2n) is 12.3. The average Bonchev–Trinajstić information content (AvgIpc) is 3.33. The lowest BCUT2D eigenvalue weighted by molar-refractivity contribution is -0.137. The van der Waals surface area contributed by atoms with Gasteiger partial charge in [-0.25, -0.2) is 0 Å². The van der Waals surface area contributed by atoms with Gasteiger partial charge in [0.25, 0.3) is 5.91 Å². The number of aromatic nitrogens is 1. The minimum Gasteiger partial charge on any atom is -0.376 e. The Bertz CT molecular complexity index is 1450. The molecule has 0 radical (unpaired) electrons. The van der Waals surface area contributed by atoms with E-state index in [1.54, 1.807) is 18.5 Å². The van der Waals surface area contributed by atoms with Gasteiger partial charge in [-0.2, -0.15) is 13.2 Å². The zero-order valence-corrected chi connectivity index (χ0v) is 24.5. The molecule has 3 heterocycles. The maximum atomic E-state index is 13.5. The van der Waals surface area contributed by atoms with Gasteiger partial charge < -0.3 is 9.64 Å². The normalized spacial score (nSPS) is 25.1. The maximum Gasteiger partial charge on any atom is 0.416 e. The molecule has 1 aromatic heterocycles. The highest BCUT2D eigenvalue weighted by Gasteiger charge is 2.45. The van der Waals surface area contributed by atoms with Crippen molar-refractivity contribution in [3.8, 4) is 0 Å². The van der Waals surface area contributed by atoms with Gasteiger partial charge in [0.05, 0.1) is 17.7 Å². The van der Waals surface area contributed by atoms with Crippen molar-refractivity contribution < 1.29 is 22.7 Å². The number of rotatable bonds is 5. The Morgan fingerprint density at radius 2 is 1.88 bits per heavy atom. The Balaban J connectivity index is 1.13. The van der Waals surface area contributed by atoms with Crippen LogP contribution < -0.4 is 0 Å². The number of alkyl halides is 3. The van der Waals surface area contributed by atoms with Gasteiger partial charge in [-0.15, -0.1) is 0 Å². The fourth-order valence-corrected chi connectivity index (χ4v) is 7.39. The molecule has 42 heavy (non-hydrogen) atoms. The van der Waals surface area contributed by atoms with Crippen molar-refractivity contribution in [3.05, 3.63) is 77.1 Å². The third-order valence-corrected chi connectivity index (χ3v) is 9.78. The third kappa shape index (κ3) is 5.31. The molecule has 6 rings (SSSR count). The van der Waals surface area contributed by atoms with Crippen molar-refractivity contribution in [2.75, 3.05) is 39.3 Å². The summed E-state index contributed by atoms with van der Waals surface area (Å²) < 4.78 is 46.4. The number of hydrogen-bond acceptors (Lipinski definition) is 5. The van der Waals surface area contributed by atoms with Gasteiger partial charge in [-0.1, -0.05) is 18.2 Å². The molecule has 0 bridgehead atoms. The first-order valence-corrected chi connectivity index (χ1v) is 15.0. The van der Waals surface area contributed by atoms with E-state index in [0.717, 1.165) is 59.9 Å². The minimum atomic E-state index is -4.35. The van der Waals surface area contributed by atoms with Gasteiger partial charge in [0, 0.05) is 80.7 Å². The Kier molecular flexibility index (Phi) is 7.79. The average molecular weight is 581 g/mol. The Hall–Kier alpha value is -3.01. The first-order valence-electron chi connectivity index (χ1n) is 15.0. The van der Waals surface area contributed by atoms with Crippen LogP contribution in [-0.2, 0) is 17.3 Å². The number of hydrogen-bond donors (Lipinski definition) is 0.